The van der Waals surface area contributed by atoms with Crippen LogP contribution in [-0.2, 0) is 0 Å². The van der Waals surface area contributed by atoms with Crippen molar-refractivity contribution in [3.63, 3.8) is 0 Å². The fourth-order valence-electron chi connectivity index (χ4n) is 2.37. The van der Waals surface area contributed by atoms with E-state index in [1.165, 1.54) is 6.42 Å². The molecule has 1 atom stereocenters. The molecule has 0 aliphatic carbocycles. The lowest BCUT2D eigenvalue weighted by Crippen LogP contribution is -2.43. The number of amides is 1. The van der Waals surface area contributed by atoms with Crippen LogP contribution >= 0.6 is 0 Å². The Labute approximate surface area is 108 Å². The van der Waals surface area contributed by atoms with Crippen molar-refractivity contribution in [2.75, 3.05) is 19.6 Å². The minimum Gasteiger partial charge on any atom is -0.338 e. The third-order valence-corrected chi connectivity index (χ3v) is 3.37. The second-order valence-electron chi connectivity index (χ2n) is 5.31. The summed E-state index contributed by atoms with van der Waals surface area (Å²) in [5.74, 6) is 0.662. The maximum atomic E-state index is 12.2. The Morgan fingerprint density at radius 3 is 3.17 bits per heavy atom. The predicted molar refractivity (Wildman–Crippen MR) is 70.4 cm³/mol. The molecule has 0 bridgehead atoms. The average Bonchev–Trinajstić information content (AvgIpc) is 2.89. The van der Waals surface area contributed by atoms with E-state index in [1.807, 2.05) is 4.90 Å². The molecule has 1 aromatic heterocycles. The topological polar surface area (TPSA) is 61.0 Å². The first kappa shape index (κ1) is 13.1. The lowest BCUT2D eigenvalue weighted by Gasteiger charge is -2.33. The van der Waals surface area contributed by atoms with Crippen LogP contribution in [0.5, 0.6) is 0 Å². The summed E-state index contributed by atoms with van der Waals surface area (Å²) in [5.41, 5.74) is 0.660. The minimum atomic E-state index is 0.0954. The highest BCUT2D eigenvalue weighted by molar-refractivity contribution is 5.93. The first-order chi connectivity index (χ1) is 8.66. The standard InChI is InChI=1S/C13H22N4O/c1-10(2)14-6-11-4-3-5-17(9-11)13(18)12-7-15-16-8-12/h7-8,10-11,14H,3-6,9H2,1-2H3,(H,15,16). The first-order valence-electron chi connectivity index (χ1n) is 6.68. The van der Waals surface area contributed by atoms with Gasteiger partial charge in [-0.05, 0) is 25.3 Å². The molecule has 1 unspecified atom stereocenters. The molecule has 5 heteroatoms. The summed E-state index contributed by atoms with van der Waals surface area (Å²) in [4.78, 5) is 14.1. The summed E-state index contributed by atoms with van der Waals surface area (Å²) in [7, 11) is 0. The van der Waals surface area contributed by atoms with Crippen LogP contribution in [0.2, 0.25) is 0 Å². The number of nitrogens with zero attached hydrogens (tertiary/aromatic N) is 2. The molecule has 0 radical (unpaired) electrons. The number of aromatic amines is 1. The molecule has 1 fully saturated rings. The Balaban J connectivity index is 1.88. The molecular weight excluding hydrogens is 228 g/mol. The van der Waals surface area contributed by atoms with Gasteiger partial charge in [0.15, 0.2) is 0 Å². The van der Waals surface area contributed by atoms with Gasteiger partial charge in [0.05, 0.1) is 11.8 Å². The van der Waals surface area contributed by atoms with Crippen molar-refractivity contribution in [3.05, 3.63) is 18.0 Å². The number of nitrogens with one attached hydrogen (secondary N) is 2. The first-order valence-corrected chi connectivity index (χ1v) is 6.68. The normalized spacial score (nSPS) is 20.4. The molecule has 0 spiro atoms. The smallest absolute Gasteiger partial charge is 0.257 e. The molecule has 1 aromatic rings. The predicted octanol–water partition coefficient (Wildman–Crippen LogP) is 1.26. The van der Waals surface area contributed by atoms with Crippen molar-refractivity contribution >= 4 is 5.91 Å². The Morgan fingerprint density at radius 2 is 2.50 bits per heavy atom. The van der Waals surface area contributed by atoms with E-state index in [0.717, 1.165) is 26.1 Å². The molecule has 0 aromatic carbocycles. The maximum absolute atomic E-state index is 12.2. The number of carbonyl (C=O) groups is 1. The minimum absolute atomic E-state index is 0.0954. The molecule has 2 heterocycles. The number of piperidine rings is 1. The molecule has 1 saturated heterocycles. The number of hydrogen-bond donors (Lipinski definition) is 2. The van der Waals surface area contributed by atoms with Crippen molar-refractivity contribution in [1.82, 2.24) is 20.4 Å². The summed E-state index contributed by atoms with van der Waals surface area (Å²) in [6.07, 6.45) is 5.56. The largest absolute Gasteiger partial charge is 0.338 e. The summed E-state index contributed by atoms with van der Waals surface area (Å²) in [6.45, 7) is 7.01. The van der Waals surface area contributed by atoms with Gasteiger partial charge in [0.25, 0.3) is 5.91 Å². The van der Waals surface area contributed by atoms with Crippen LogP contribution in [0.1, 0.15) is 37.0 Å². The Hall–Kier alpha value is -1.36. The zero-order valence-electron chi connectivity index (χ0n) is 11.1. The van der Waals surface area contributed by atoms with E-state index in [9.17, 15) is 4.79 Å². The van der Waals surface area contributed by atoms with Crippen LogP contribution in [0.4, 0.5) is 0 Å². The molecular formula is C13H22N4O. The number of hydrogen-bond acceptors (Lipinski definition) is 3. The van der Waals surface area contributed by atoms with Gasteiger partial charge in [0.1, 0.15) is 0 Å². The highest BCUT2D eigenvalue weighted by Crippen LogP contribution is 2.17. The number of aromatic nitrogens is 2. The lowest BCUT2D eigenvalue weighted by molar-refractivity contribution is 0.0672. The Morgan fingerprint density at radius 1 is 1.67 bits per heavy atom. The summed E-state index contributed by atoms with van der Waals surface area (Å²) >= 11 is 0. The van der Waals surface area contributed by atoms with Crippen LogP contribution in [0.25, 0.3) is 0 Å². The maximum Gasteiger partial charge on any atom is 0.257 e. The fourth-order valence-corrected chi connectivity index (χ4v) is 2.37. The fraction of sp³-hybridized carbons (Fsp3) is 0.692. The van der Waals surface area contributed by atoms with Gasteiger partial charge in [0, 0.05) is 25.3 Å². The van der Waals surface area contributed by atoms with E-state index in [1.54, 1.807) is 12.4 Å². The van der Waals surface area contributed by atoms with Crippen LogP contribution in [0.15, 0.2) is 12.4 Å². The van der Waals surface area contributed by atoms with Crippen molar-refractivity contribution in [2.24, 2.45) is 5.92 Å². The monoisotopic (exact) mass is 250 g/mol. The van der Waals surface area contributed by atoms with E-state index in [0.29, 0.717) is 17.5 Å². The molecule has 1 aliphatic heterocycles. The van der Waals surface area contributed by atoms with Gasteiger partial charge in [-0.3, -0.25) is 9.89 Å². The van der Waals surface area contributed by atoms with Crippen LogP contribution in [0.3, 0.4) is 0 Å². The van der Waals surface area contributed by atoms with Crippen LogP contribution in [-0.4, -0.2) is 46.7 Å². The van der Waals surface area contributed by atoms with Gasteiger partial charge in [-0.1, -0.05) is 13.8 Å². The highest BCUT2D eigenvalue weighted by atomic mass is 16.2. The third-order valence-electron chi connectivity index (χ3n) is 3.37. The van der Waals surface area contributed by atoms with E-state index >= 15 is 0 Å². The average molecular weight is 250 g/mol. The van der Waals surface area contributed by atoms with Gasteiger partial charge >= 0.3 is 0 Å². The zero-order chi connectivity index (χ0) is 13.0. The second-order valence-corrected chi connectivity index (χ2v) is 5.31. The van der Waals surface area contributed by atoms with E-state index in [2.05, 4.69) is 29.4 Å². The van der Waals surface area contributed by atoms with Crippen LogP contribution < -0.4 is 5.32 Å². The SMILES string of the molecule is CC(C)NCC1CCCN(C(=O)c2cn[nH]c2)C1. The number of carbonyl (C=O) groups excluding carboxylic acids is 1. The van der Waals surface area contributed by atoms with Crippen molar-refractivity contribution in [2.45, 2.75) is 32.7 Å². The molecule has 2 rings (SSSR count). The summed E-state index contributed by atoms with van der Waals surface area (Å²) in [6, 6.07) is 0.505. The molecule has 2 N–H and O–H groups in total. The lowest BCUT2D eigenvalue weighted by atomic mass is 9.97. The van der Waals surface area contributed by atoms with Crippen molar-refractivity contribution < 1.29 is 4.79 Å². The third kappa shape index (κ3) is 3.32. The highest BCUT2D eigenvalue weighted by Gasteiger charge is 2.24. The summed E-state index contributed by atoms with van der Waals surface area (Å²) < 4.78 is 0. The number of likely N-dealkylation sites (tertiary alicyclic amines) is 1. The van der Waals surface area contributed by atoms with Gasteiger partial charge in [-0.25, -0.2) is 0 Å². The number of H-pyrrole nitrogens is 1. The Bertz CT molecular complexity index is 374. The van der Waals surface area contributed by atoms with E-state index < -0.39 is 0 Å². The molecule has 0 saturated carbocycles. The molecule has 5 nitrogen and oxygen atoms in total. The number of rotatable bonds is 4. The Kier molecular flexibility index (Phi) is 4.36. The zero-order valence-corrected chi connectivity index (χ0v) is 11.1. The summed E-state index contributed by atoms with van der Waals surface area (Å²) in [5, 5.41) is 9.98. The van der Waals surface area contributed by atoms with E-state index in [4.69, 9.17) is 0 Å². The van der Waals surface area contributed by atoms with Gasteiger partial charge < -0.3 is 10.2 Å². The molecule has 100 valence electrons. The van der Waals surface area contributed by atoms with Crippen LogP contribution in [0, 0.1) is 5.92 Å². The van der Waals surface area contributed by atoms with E-state index in [-0.39, 0.29) is 5.91 Å². The quantitative estimate of drug-likeness (QED) is 0.845. The van der Waals surface area contributed by atoms with Gasteiger partial charge in [-0.15, -0.1) is 0 Å². The second kappa shape index (κ2) is 6.00. The molecule has 18 heavy (non-hydrogen) atoms. The van der Waals surface area contributed by atoms with Crippen molar-refractivity contribution in [3.8, 4) is 0 Å². The molecule has 1 aliphatic rings. The van der Waals surface area contributed by atoms with Gasteiger partial charge in [0.2, 0.25) is 0 Å². The van der Waals surface area contributed by atoms with Crippen molar-refractivity contribution in [1.29, 1.82) is 0 Å². The molecule has 1 amide bonds. The van der Waals surface area contributed by atoms with Gasteiger partial charge in [-0.2, -0.15) is 5.10 Å².